The number of ether oxygens (including phenoxy) is 2. The van der Waals surface area contributed by atoms with Crippen LogP contribution in [-0.2, 0) is 4.74 Å². The number of para-hydroxylation sites is 2. The van der Waals surface area contributed by atoms with Gasteiger partial charge in [0.05, 0.1) is 17.6 Å². The molecule has 1 aliphatic rings. The maximum absolute atomic E-state index is 11.6. The fourth-order valence-corrected chi connectivity index (χ4v) is 2.84. The van der Waals surface area contributed by atoms with E-state index < -0.39 is 5.97 Å². The van der Waals surface area contributed by atoms with Crippen molar-refractivity contribution in [1.82, 2.24) is 0 Å². The predicted octanol–water partition coefficient (Wildman–Crippen LogP) is 4.01. The number of Topliss-reactive ketones (excluding diaryl/α,β-unsaturated/α-hetero) is 1. The van der Waals surface area contributed by atoms with E-state index >= 15 is 0 Å². The van der Waals surface area contributed by atoms with E-state index in [1.165, 1.54) is 0 Å². The lowest BCUT2D eigenvalue weighted by Crippen LogP contribution is -2.23. The van der Waals surface area contributed by atoms with Crippen LogP contribution in [0.2, 0.25) is 0 Å². The van der Waals surface area contributed by atoms with E-state index in [-0.39, 0.29) is 29.7 Å². The highest BCUT2D eigenvalue weighted by Gasteiger charge is 2.22. The molecule has 1 aromatic heterocycles. The molecule has 0 bridgehead atoms. The summed E-state index contributed by atoms with van der Waals surface area (Å²) < 4.78 is 15.5. The Labute approximate surface area is 161 Å². The van der Waals surface area contributed by atoms with Crippen LogP contribution in [0.1, 0.15) is 41.2 Å². The lowest BCUT2D eigenvalue weighted by Gasteiger charge is -2.21. The van der Waals surface area contributed by atoms with Crippen molar-refractivity contribution in [2.45, 2.75) is 26.4 Å². The second kappa shape index (κ2) is 8.52. The van der Waals surface area contributed by atoms with E-state index in [1.54, 1.807) is 31.2 Å². The summed E-state index contributed by atoms with van der Waals surface area (Å²) in [6, 6.07) is 15.3. The lowest BCUT2D eigenvalue weighted by molar-refractivity contribution is 0.0490. The third-order valence-electron chi connectivity index (χ3n) is 4.10. The summed E-state index contributed by atoms with van der Waals surface area (Å²) in [5.74, 6) is 0.224. The molecule has 0 N–H and O–H groups in total. The summed E-state index contributed by atoms with van der Waals surface area (Å²) in [4.78, 5) is 34.4. The molecule has 144 valence electrons. The number of benzene rings is 2. The Balaban J connectivity index is 0.000000167. The average molecular weight is 380 g/mol. The van der Waals surface area contributed by atoms with Crippen molar-refractivity contribution in [2.24, 2.45) is 0 Å². The zero-order chi connectivity index (χ0) is 20.1. The minimum absolute atomic E-state index is 0.0207. The number of ketones is 1. The van der Waals surface area contributed by atoms with Crippen molar-refractivity contribution in [1.29, 1.82) is 0 Å². The third kappa shape index (κ3) is 4.28. The second-order valence-corrected chi connectivity index (χ2v) is 6.24. The monoisotopic (exact) mass is 380 g/mol. The number of rotatable bonds is 2. The molecule has 1 atom stereocenters. The van der Waals surface area contributed by atoms with E-state index in [0.717, 1.165) is 17.4 Å². The fraction of sp³-hybridized carbons (Fsp3) is 0.227. The molecule has 6 nitrogen and oxygen atoms in total. The van der Waals surface area contributed by atoms with Crippen LogP contribution < -0.4 is 10.2 Å². The molecule has 0 saturated carbocycles. The maximum atomic E-state index is 11.6. The van der Waals surface area contributed by atoms with Crippen molar-refractivity contribution in [3.05, 3.63) is 76.1 Å². The Kier molecular flexibility index (Phi) is 5.89. The average Bonchev–Trinajstić information content (AvgIpc) is 2.68. The van der Waals surface area contributed by atoms with Gasteiger partial charge < -0.3 is 13.9 Å². The Bertz CT molecular complexity index is 1070. The van der Waals surface area contributed by atoms with Crippen molar-refractivity contribution >= 4 is 22.7 Å². The van der Waals surface area contributed by atoms with Crippen LogP contribution in [0, 0.1) is 0 Å². The van der Waals surface area contributed by atoms with Gasteiger partial charge in [0, 0.05) is 12.5 Å². The summed E-state index contributed by atoms with van der Waals surface area (Å²) in [7, 11) is 0. The molecule has 6 heteroatoms. The number of hydrogen-bond acceptors (Lipinski definition) is 6. The number of fused-ring (bicyclic) bond motifs is 2. The first-order chi connectivity index (χ1) is 13.5. The van der Waals surface area contributed by atoms with E-state index in [0.29, 0.717) is 17.4 Å². The molecular formula is C22H20O6. The van der Waals surface area contributed by atoms with Crippen LogP contribution in [0.25, 0.3) is 11.0 Å². The second-order valence-electron chi connectivity index (χ2n) is 6.24. The number of carbonyl (C=O) groups excluding carboxylic acids is 2. The smallest absolute Gasteiger partial charge is 0.374 e. The van der Waals surface area contributed by atoms with E-state index in [9.17, 15) is 14.4 Å². The van der Waals surface area contributed by atoms with Crippen LogP contribution in [0.5, 0.6) is 5.75 Å². The van der Waals surface area contributed by atoms with Gasteiger partial charge in [0.2, 0.25) is 5.76 Å². The van der Waals surface area contributed by atoms with Gasteiger partial charge in [-0.2, -0.15) is 0 Å². The molecule has 0 fully saturated rings. The van der Waals surface area contributed by atoms with Crippen LogP contribution in [-0.4, -0.2) is 24.5 Å². The summed E-state index contributed by atoms with van der Waals surface area (Å²) >= 11 is 0. The minimum Gasteiger partial charge on any atom is -0.489 e. The first-order valence-corrected chi connectivity index (χ1v) is 8.98. The van der Waals surface area contributed by atoms with Gasteiger partial charge in [-0.15, -0.1) is 0 Å². The molecule has 0 aliphatic carbocycles. The highest BCUT2D eigenvalue weighted by Crippen LogP contribution is 2.26. The van der Waals surface area contributed by atoms with E-state index in [4.69, 9.17) is 13.9 Å². The highest BCUT2D eigenvalue weighted by molar-refractivity contribution is 5.99. The Morgan fingerprint density at radius 1 is 1.11 bits per heavy atom. The summed E-state index contributed by atoms with van der Waals surface area (Å²) in [6.45, 7) is 3.85. The lowest BCUT2D eigenvalue weighted by atomic mass is 10.0. The molecule has 0 spiro atoms. The molecule has 4 rings (SSSR count). The molecule has 1 unspecified atom stereocenters. The Hall–Kier alpha value is -3.41. The zero-order valence-electron chi connectivity index (χ0n) is 15.6. The third-order valence-corrected chi connectivity index (χ3v) is 4.10. The summed E-state index contributed by atoms with van der Waals surface area (Å²) in [6.07, 6.45) is 0.518. The molecule has 3 aromatic rings. The highest BCUT2D eigenvalue weighted by atomic mass is 16.5. The van der Waals surface area contributed by atoms with Crippen molar-refractivity contribution < 1.29 is 23.5 Å². The Morgan fingerprint density at radius 3 is 2.61 bits per heavy atom. The quantitative estimate of drug-likeness (QED) is 0.625. The van der Waals surface area contributed by atoms with Gasteiger partial charge in [-0.3, -0.25) is 9.59 Å². The van der Waals surface area contributed by atoms with Gasteiger partial charge in [0.15, 0.2) is 11.2 Å². The minimum atomic E-state index is -0.620. The van der Waals surface area contributed by atoms with Gasteiger partial charge in [-0.05, 0) is 38.1 Å². The standard InChI is InChI=1S/C12H10O4.C10H10O2/c1-2-15-12(14)11-7-9(13)8-5-3-4-6-10(8)16-11;1-7-6-9(11)8-4-2-3-5-10(8)12-7/h3-7H,2H2,1H3;2-5,7H,6H2,1H3. The molecule has 0 amide bonds. The molecule has 2 aromatic carbocycles. The molecule has 28 heavy (non-hydrogen) atoms. The first kappa shape index (κ1) is 19.4. The van der Waals surface area contributed by atoms with Crippen LogP contribution in [0.15, 0.2) is 63.8 Å². The zero-order valence-corrected chi connectivity index (χ0v) is 15.6. The number of esters is 1. The number of carbonyl (C=O) groups is 2. The summed E-state index contributed by atoms with van der Waals surface area (Å²) in [5.41, 5.74) is 0.860. The first-order valence-electron chi connectivity index (χ1n) is 8.98. The predicted molar refractivity (Wildman–Crippen MR) is 104 cm³/mol. The molecule has 0 saturated heterocycles. The largest absolute Gasteiger partial charge is 0.489 e. The van der Waals surface area contributed by atoms with Crippen LogP contribution in [0.3, 0.4) is 0 Å². The SMILES string of the molecule is CC1CC(=O)c2ccccc2O1.CCOC(=O)c1cc(=O)c2ccccc2o1. The molecule has 1 aliphatic heterocycles. The topological polar surface area (TPSA) is 82.8 Å². The van der Waals surface area contributed by atoms with Crippen molar-refractivity contribution in [3.63, 3.8) is 0 Å². The fourth-order valence-electron chi connectivity index (χ4n) is 2.84. The molecule has 2 heterocycles. The van der Waals surface area contributed by atoms with Crippen LogP contribution >= 0.6 is 0 Å². The maximum Gasteiger partial charge on any atom is 0.374 e. The van der Waals surface area contributed by atoms with Crippen molar-refractivity contribution in [2.75, 3.05) is 6.61 Å². The molecular weight excluding hydrogens is 360 g/mol. The van der Waals surface area contributed by atoms with Crippen LogP contribution in [0.4, 0.5) is 0 Å². The normalized spacial score (nSPS) is 15.1. The number of hydrogen-bond donors (Lipinski definition) is 0. The van der Waals surface area contributed by atoms with Gasteiger partial charge in [0.25, 0.3) is 0 Å². The van der Waals surface area contributed by atoms with Gasteiger partial charge in [0.1, 0.15) is 17.4 Å². The van der Waals surface area contributed by atoms with Crippen molar-refractivity contribution in [3.8, 4) is 5.75 Å². The summed E-state index contributed by atoms with van der Waals surface area (Å²) in [5, 5.41) is 0.454. The van der Waals surface area contributed by atoms with Gasteiger partial charge in [-0.25, -0.2) is 4.79 Å². The molecule has 0 radical (unpaired) electrons. The van der Waals surface area contributed by atoms with Gasteiger partial charge >= 0.3 is 5.97 Å². The van der Waals surface area contributed by atoms with E-state index in [2.05, 4.69) is 0 Å². The Morgan fingerprint density at radius 2 is 1.82 bits per heavy atom. The van der Waals surface area contributed by atoms with Gasteiger partial charge in [-0.1, -0.05) is 24.3 Å². The van der Waals surface area contributed by atoms with E-state index in [1.807, 2.05) is 31.2 Å².